The van der Waals surface area contributed by atoms with Gasteiger partial charge in [-0.05, 0) is 5.92 Å². The van der Waals surface area contributed by atoms with E-state index in [-0.39, 0.29) is 17.1 Å². The van der Waals surface area contributed by atoms with E-state index in [1.165, 1.54) is 0 Å². The van der Waals surface area contributed by atoms with Gasteiger partial charge in [0.25, 0.3) is 0 Å². The van der Waals surface area contributed by atoms with Crippen molar-refractivity contribution in [3.8, 4) is 0 Å². The summed E-state index contributed by atoms with van der Waals surface area (Å²) in [6, 6.07) is -0.115. The summed E-state index contributed by atoms with van der Waals surface area (Å²) in [6.45, 7) is 3.84. The first-order valence-electron chi connectivity index (χ1n) is 4.57. The third-order valence-corrected chi connectivity index (χ3v) is 3.18. The number of alkyl halides is 4. The molecule has 0 spiro atoms. The fourth-order valence-corrected chi connectivity index (χ4v) is 2.04. The molecule has 0 fully saturated rings. The molecule has 16 heavy (non-hydrogen) atoms. The molecule has 0 saturated carbocycles. The van der Waals surface area contributed by atoms with Gasteiger partial charge in [0.15, 0.2) is 0 Å². The molecule has 0 amide bonds. The zero-order valence-electron chi connectivity index (χ0n) is 8.68. The van der Waals surface area contributed by atoms with Crippen molar-refractivity contribution in [3.05, 3.63) is 5.01 Å². The van der Waals surface area contributed by atoms with Crippen molar-refractivity contribution >= 4 is 28.1 Å². The Morgan fingerprint density at radius 3 is 2.38 bits per heavy atom. The van der Waals surface area contributed by atoms with Crippen molar-refractivity contribution < 1.29 is 13.2 Å². The second-order valence-corrected chi connectivity index (χ2v) is 4.85. The molecule has 1 N–H and O–H groups in total. The summed E-state index contributed by atoms with van der Waals surface area (Å²) < 4.78 is 36.7. The van der Waals surface area contributed by atoms with Crippen LogP contribution in [0.2, 0.25) is 0 Å². The van der Waals surface area contributed by atoms with Crippen LogP contribution < -0.4 is 5.32 Å². The Hall–Kier alpha value is -0.560. The number of nitrogens with zero attached hydrogens (tertiary/aromatic N) is 2. The molecule has 0 aliphatic carbocycles. The SMILES string of the molecule is CC(C)C(CCl)Nc1nnc(C(F)(F)F)s1. The smallest absolute Gasteiger partial charge is 0.356 e. The van der Waals surface area contributed by atoms with Crippen molar-refractivity contribution in [1.29, 1.82) is 0 Å². The summed E-state index contributed by atoms with van der Waals surface area (Å²) in [5.74, 6) is 0.509. The van der Waals surface area contributed by atoms with Crippen molar-refractivity contribution in [2.24, 2.45) is 5.92 Å². The van der Waals surface area contributed by atoms with E-state index in [0.717, 1.165) is 0 Å². The van der Waals surface area contributed by atoms with Crippen LogP contribution >= 0.6 is 22.9 Å². The molecule has 0 aliphatic rings. The predicted molar refractivity (Wildman–Crippen MR) is 57.9 cm³/mol. The van der Waals surface area contributed by atoms with E-state index in [1.54, 1.807) is 0 Å². The van der Waals surface area contributed by atoms with Gasteiger partial charge in [-0.3, -0.25) is 0 Å². The van der Waals surface area contributed by atoms with Gasteiger partial charge >= 0.3 is 6.18 Å². The van der Waals surface area contributed by atoms with Gasteiger partial charge in [-0.1, -0.05) is 25.2 Å². The second-order valence-electron chi connectivity index (χ2n) is 3.56. The molecule has 1 heterocycles. The van der Waals surface area contributed by atoms with Crippen LogP contribution in [0.1, 0.15) is 18.9 Å². The lowest BCUT2D eigenvalue weighted by Crippen LogP contribution is -2.27. The van der Waals surface area contributed by atoms with Gasteiger partial charge in [0.1, 0.15) is 0 Å². The Morgan fingerprint density at radius 2 is 2.00 bits per heavy atom. The highest BCUT2D eigenvalue weighted by Gasteiger charge is 2.35. The number of rotatable bonds is 4. The number of aromatic nitrogens is 2. The van der Waals surface area contributed by atoms with Gasteiger partial charge in [-0.15, -0.1) is 21.8 Å². The minimum atomic E-state index is -4.44. The molecule has 1 atom stereocenters. The topological polar surface area (TPSA) is 37.8 Å². The highest BCUT2D eigenvalue weighted by Crippen LogP contribution is 2.33. The third-order valence-electron chi connectivity index (χ3n) is 1.95. The Labute approximate surface area is 100 Å². The van der Waals surface area contributed by atoms with Crippen LogP contribution in [0.25, 0.3) is 0 Å². The fourth-order valence-electron chi connectivity index (χ4n) is 0.938. The number of hydrogen-bond acceptors (Lipinski definition) is 4. The van der Waals surface area contributed by atoms with Gasteiger partial charge in [0, 0.05) is 11.9 Å². The first kappa shape index (κ1) is 13.5. The molecule has 92 valence electrons. The number of halogens is 4. The zero-order chi connectivity index (χ0) is 12.3. The summed E-state index contributed by atoms with van der Waals surface area (Å²) in [5.41, 5.74) is 0. The third kappa shape index (κ3) is 3.48. The van der Waals surface area contributed by atoms with E-state index in [2.05, 4.69) is 15.5 Å². The quantitative estimate of drug-likeness (QED) is 0.856. The maximum atomic E-state index is 12.2. The second kappa shape index (κ2) is 5.18. The molecule has 0 aromatic carbocycles. The zero-order valence-corrected chi connectivity index (χ0v) is 10.2. The lowest BCUT2D eigenvalue weighted by atomic mass is 10.1. The number of anilines is 1. The van der Waals surface area contributed by atoms with E-state index in [1.807, 2.05) is 13.8 Å². The molecule has 1 rings (SSSR count). The monoisotopic (exact) mass is 273 g/mol. The molecule has 8 heteroatoms. The molecule has 1 aromatic rings. The fraction of sp³-hybridized carbons (Fsp3) is 0.750. The molecule has 0 saturated heterocycles. The van der Waals surface area contributed by atoms with E-state index in [9.17, 15) is 13.2 Å². The molecule has 1 aromatic heterocycles. The molecule has 0 bridgehead atoms. The van der Waals surface area contributed by atoms with Crippen LogP contribution in [0.5, 0.6) is 0 Å². The Morgan fingerprint density at radius 1 is 1.38 bits per heavy atom. The van der Waals surface area contributed by atoms with E-state index < -0.39 is 11.2 Å². The molecule has 3 nitrogen and oxygen atoms in total. The van der Waals surface area contributed by atoms with Crippen molar-refractivity contribution in [3.63, 3.8) is 0 Å². The highest BCUT2D eigenvalue weighted by molar-refractivity contribution is 7.15. The Bertz CT molecular complexity index is 340. The van der Waals surface area contributed by atoms with Crippen LogP contribution in [0.4, 0.5) is 18.3 Å². The molecule has 0 radical (unpaired) electrons. The summed E-state index contributed by atoms with van der Waals surface area (Å²) in [5, 5.41) is 8.53. The number of nitrogens with one attached hydrogen (secondary N) is 1. The first-order valence-corrected chi connectivity index (χ1v) is 5.93. The Kier molecular flexibility index (Phi) is 4.37. The van der Waals surface area contributed by atoms with Gasteiger partial charge in [-0.2, -0.15) is 13.2 Å². The van der Waals surface area contributed by atoms with E-state index >= 15 is 0 Å². The molecular formula is C8H11ClF3N3S. The summed E-state index contributed by atoms with van der Waals surface area (Å²) in [7, 11) is 0. The van der Waals surface area contributed by atoms with Crippen molar-refractivity contribution in [2.75, 3.05) is 11.2 Å². The lowest BCUT2D eigenvalue weighted by Gasteiger charge is -2.18. The molecular weight excluding hydrogens is 263 g/mol. The van der Waals surface area contributed by atoms with Crippen LogP contribution in [0.3, 0.4) is 0 Å². The molecule has 1 unspecified atom stereocenters. The lowest BCUT2D eigenvalue weighted by molar-refractivity contribution is -0.138. The average molecular weight is 274 g/mol. The first-order chi connectivity index (χ1) is 7.34. The van der Waals surface area contributed by atoms with Crippen LogP contribution in [-0.4, -0.2) is 22.1 Å². The minimum Gasteiger partial charge on any atom is -0.356 e. The maximum absolute atomic E-state index is 12.2. The standard InChI is InChI=1S/C8H11ClF3N3S/c1-4(2)5(3-9)13-7-15-14-6(16-7)8(10,11)12/h4-5H,3H2,1-2H3,(H,13,15). The summed E-state index contributed by atoms with van der Waals surface area (Å²) in [4.78, 5) is 0. The van der Waals surface area contributed by atoms with E-state index in [4.69, 9.17) is 11.6 Å². The van der Waals surface area contributed by atoms with Crippen LogP contribution in [0.15, 0.2) is 0 Å². The highest BCUT2D eigenvalue weighted by atomic mass is 35.5. The average Bonchev–Trinajstić information content (AvgIpc) is 2.61. The summed E-state index contributed by atoms with van der Waals surface area (Å²) >= 11 is 6.16. The van der Waals surface area contributed by atoms with Gasteiger partial charge in [-0.25, -0.2) is 0 Å². The van der Waals surface area contributed by atoms with Gasteiger partial charge < -0.3 is 5.32 Å². The normalized spacial score (nSPS) is 14.2. The largest absolute Gasteiger partial charge is 0.445 e. The molecule has 0 aliphatic heterocycles. The van der Waals surface area contributed by atoms with Gasteiger partial charge in [0.2, 0.25) is 10.1 Å². The van der Waals surface area contributed by atoms with E-state index in [0.29, 0.717) is 17.2 Å². The van der Waals surface area contributed by atoms with Crippen molar-refractivity contribution in [1.82, 2.24) is 10.2 Å². The van der Waals surface area contributed by atoms with Crippen molar-refractivity contribution in [2.45, 2.75) is 26.1 Å². The number of hydrogen-bond donors (Lipinski definition) is 1. The Balaban J connectivity index is 2.72. The minimum absolute atomic E-state index is 0.115. The van der Waals surface area contributed by atoms with Crippen LogP contribution in [0, 0.1) is 5.92 Å². The van der Waals surface area contributed by atoms with Gasteiger partial charge in [0.05, 0.1) is 0 Å². The predicted octanol–water partition coefficient (Wildman–Crippen LogP) is 3.23. The van der Waals surface area contributed by atoms with Crippen LogP contribution in [-0.2, 0) is 6.18 Å². The summed E-state index contributed by atoms with van der Waals surface area (Å²) in [6.07, 6.45) is -4.44. The maximum Gasteiger partial charge on any atom is 0.445 e.